The summed E-state index contributed by atoms with van der Waals surface area (Å²) in [6.45, 7) is 2.45. The number of rotatable bonds is 6. The number of nitrogens with zero attached hydrogens (tertiary/aromatic N) is 4. The summed E-state index contributed by atoms with van der Waals surface area (Å²) in [5.74, 6) is 0.136. The molecule has 0 amide bonds. The Balaban J connectivity index is 1.95. The summed E-state index contributed by atoms with van der Waals surface area (Å²) in [4.78, 5) is 12.8. The van der Waals surface area contributed by atoms with Gasteiger partial charge in [-0.3, -0.25) is 0 Å². The summed E-state index contributed by atoms with van der Waals surface area (Å²) in [5, 5.41) is 11.9. The summed E-state index contributed by atoms with van der Waals surface area (Å²) >= 11 is 3.36. The number of carbonyl (C=O) groups is 1. The fourth-order valence-corrected chi connectivity index (χ4v) is 1.78. The molecule has 0 spiro atoms. The first kappa shape index (κ1) is 14.6. The minimum absolute atomic E-state index is 0.0206. The van der Waals surface area contributed by atoms with Gasteiger partial charge < -0.3 is 4.74 Å². The molecule has 2 rings (SSSR count). The van der Waals surface area contributed by atoms with Crippen molar-refractivity contribution < 1.29 is 9.53 Å². The molecule has 1 aromatic heterocycles. The van der Waals surface area contributed by atoms with Crippen LogP contribution in [-0.4, -0.2) is 32.8 Å². The number of aromatic nitrogens is 4. The van der Waals surface area contributed by atoms with Gasteiger partial charge in [0.1, 0.15) is 0 Å². The highest BCUT2D eigenvalue weighted by Crippen LogP contribution is 2.17. The Kier molecular flexibility index (Phi) is 5.23. The zero-order valence-electron chi connectivity index (χ0n) is 11.1. The molecule has 0 atom stereocenters. The lowest BCUT2D eigenvalue weighted by Gasteiger charge is -2.02. The van der Waals surface area contributed by atoms with Gasteiger partial charge in [-0.2, -0.15) is 4.80 Å². The highest BCUT2D eigenvalue weighted by molar-refractivity contribution is 9.10. The first-order valence-electron chi connectivity index (χ1n) is 6.38. The maximum atomic E-state index is 11.5. The molecule has 20 heavy (non-hydrogen) atoms. The van der Waals surface area contributed by atoms with Gasteiger partial charge in [-0.15, -0.1) is 10.2 Å². The standard InChI is InChI=1S/C13H15BrN4O2/c1-2-3-8-20-12(19)9-18-16-13(15-17-18)10-4-6-11(14)7-5-10/h4-7H,2-3,8-9H2,1H3. The van der Waals surface area contributed by atoms with Crippen LogP contribution in [0.4, 0.5) is 0 Å². The summed E-state index contributed by atoms with van der Waals surface area (Å²) in [5.41, 5.74) is 0.846. The van der Waals surface area contributed by atoms with Crippen molar-refractivity contribution in [2.45, 2.75) is 26.3 Å². The van der Waals surface area contributed by atoms with E-state index in [1.54, 1.807) is 0 Å². The van der Waals surface area contributed by atoms with E-state index in [-0.39, 0.29) is 12.5 Å². The van der Waals surface area contributed by atoms with Gasteiger partial charge in [0.15, 0.2) is 6.54 Å². The molecule has 1 heterocycles. The van der Waals surface area contributed by atoms with Crippen molar-refractivity contribution in [2.24, 2.45) is 0 Å². The molecular weight excluding hydrogens is 324 g/mol. The molecule has 0 N–H and O–H groups in total. The lowest BCUT2D eigenvalue weighted by atomic mass is 10.2. The number of ether oxygens (including phenoxy) is 1. The van der Waals surface area contributed by atoms with E-state index in [4.69, 9.17) is 4.74 Å². The number of hydrogen-bond donors (Lipinski definition) is 0. The van der Waals surface area contributed by atoms with E-state index in [2.05, 4.69) is 31.3 Å². The van der Waals surface area contributed by atoms with Crippen LogP contribution in [0.3, 0.4) is 0 Å². The predicted molar refractivity (Wildman–Crippen MR) is 76.8 cm³/mol. The number of halogens is 1. The Morgan fingerprint density at radius 3 is 2.80 bits per heavy atom. The molecule has 0 fully saturated rings. The van der Waals surface area contributed by atoms with Gasteiger partial charge in [0, 0.05) is 10.0 Å². The van der Waals surface area contributed by atoms with Gasteiger partial charge in [0.05, 0.1) is 6.61 Å². The molecule has 6 nitrogen and oxygen atoms in total. The third-order valence-electron chi connectivity index (χ3n) is 2.59. The van der Waals surface area contributed by atoms with Crippen LogP contribution >= 0.6 is 15.9 Å². The van der Waals surface area contributed by atoms with E-state index < -0.39 is 0 Å². The SMILES string of the molecule is CCCCOC(=O)Cn1nnc(-c2ccc(Br)cc2)n1. The zero-order valence-corrected chi connectivity index (χ0v) is 12.7. The molecule has 106 valence electrons. The number of hydrogen-bond acceptors (Lipinski definition) is 5. The molecule has 0 aliphatic carbocycles. The van der Waals surface area contributed by atoms with Gasteiger partial charge >= 0.3 is 5.97 Å². The molecule has 0 aliphatic heterocycles. The Labute approximate surface area is 125 Å². The van der Waals surface area contributed by atoms with Crippen molar-refractivity contribution in [1.82, 2.24) is 20.2 Å². The van der Waals surface area contributed by atoms with Crippen molar-refractivity contribution >= 4 is 21.9 Å². The average molecular weight is 339 g/mol. The topological polar surface area (TPSA) is 69.9 Å². The molecule has 0 unspecified atom stereocenters. The van der Waals surface area contributed by atoms with Crippen LogP contribution < -0.4 is 0 Å². The van der Waals surface area contributed by atoms with E-state index >= 15 is 0 Å². The van der Waals surface area contributed by atoms with Crippen LogP contribution in [-0.2, 0) is 16.1 Å². The quantitative estimate of drug-likeness (QED) is 0.597. The lowest BCUT2D eigenvalue weighted by molar-refractivity contribution is -0.144. The van der Waals surface area contributed by atoms with Crippen molar-refractivity contribution in [3.63, 3.8) is 0 Å². The fourth-order valence-electron chi connectivity index (χ4n) is 1.52. The Morgan fingerprint density at radius 1 is 1.35 bits per heavy atom. The van der Waals surface area contributed by atoms with E-state index in [9.17, 15) is 4.79 Å². The third-order valence-corrected chi connectivity index (χ3v) is 3.12. The van der Waals surface area contributed by atoms with Crippen molar-refractivity contribution in [3.05, 3.63) is 28.7 Å². The number of unbranched alkanes of at least 4 members (excludes halogenated alkanes) is 1. The van der Waals surface area contributed by atoms with Crippen LogP contribution in [0.5, 0.6) is 0 Å². The first-order chi connectivity index (χ1) is 9.69. The average Bonchev–Trinajstić information content (AvgIpc) is 2.88. The minimum Gasteiger partial charge on any atom is -0.464 e. The molecule has 0 aliphatic rings. The van der Waals surface area contributed by atoms with Crippen LogP contribution in [0.25, 0.3) is 11.4 Å². The molecular formula is C13H15BrN4O2. The Morgan fingerprint density at radius 2 is 2.10 bits per heavy atom. The smallest absolute Gasteiger partial charge is 0.329 e. The maximum Gasteiger partial charge on any atom is 0.329 e. The van der Waals surface area contributed by atoms with E-state index in [0.717, 1.165) is 22.9 Å². The second kappa shape index (κ2) is 7.14. The monoisotopic (exact) mass is 338 g/mol. The normalized spacial score (nSPS) is 10.5. The van der Waals surface area contributed by atoms with Crippen LogP contribution in [0.2, 0.25) is 0 Å². The molecule has 0 radical (unpaired) electrons. The van der Waals surface area contributed by atoms with Gasteiger partial charge in [-0.25, -0.2) is 4.79 Å². The minimum atomic E-state index is -0.349. The Hall–Kier alpha value is -1.76. The lowest BCUT2D eigenvalue weighted by Crippen LogP contribution is -2.16. The highest BCUT2D eigenvalue weighted by atomic mass is 79.9. The van der Waals surface area contributed by atoms with E-state index in [1.165, 1.54) is 4.80 Å². The molecule has 7 heteroatoms. The first-order valence-corrected chi connectivity index (χ1v) is 7.17. The summed E-state index contributed by atoms with van der Waals surface area (Å²) < 4.78 is 6.02. The largest absolute Gasteiger partial charge is 0.464 e. The van der Waals surface area contributed by atoms with E-state index in [1.807, 2.05) is 31.2 Å². The third kappa shape index (κ3) is 4.12. The van der Waals surface area contributed by atoms with Gasteiger partial charge in [0.25, 0.3) is 0 Å². The second-order valence-electron chi connectivity index (χ2n) is 4.22. The highest BCUT2D eigenvalue weighted by Gasteiger charge is 2.09. The number of benzene rings is 1. The Bertz CT molecular complexity index is 568. The van der Waals surface area contributed by atoms with Crippen molar-refractivity contribution in [2.75, 3.05) is 6.61 Å². The maximum absolute atomic E-state index is 11.5. The fraction of sp³-hybridized carbons (Fsp3) is 0.385. The molecule has 0 saturated carbocycles. The van der Waals surface area contributed by atoms with Crippen LogP contribution in [0.1, 0.15) is 19.8 Å². The zero-order chi connectivity index (χ0) is 14.4. The van der Waals surface area contributed by atoms with Gasteiger partial charge in [-0.05, 0) is 35.9 Å². The predicted octanol–water partition coefficient (Wildman–Crippen LogP) is 2.45. The number of carbonyl (C=O) groups excluding carboxylic acids is 1. The molecule has 2 aromatic rings. The molecule has 0 saturated heterocycles. The number of esters is 1. The molecule has 0 bridgehead atoms. The van der Waals surface area contributed by atoms with Gasteiger partial charge in [0.2, 0.25) is 5.82 Å². The summed E-state index contributed by atoms with van der Waals surface area (Å²) in [6, 6.07) is 7.56. The summed E-state index contributed by atoms with van der Waals surface area (Å²) in [7, 11) is 0. The van der Waals surface area contributed by atoms with E-state index in [0.29, 0.717) is 12.4 Å². The number of tetrazole rings is 1. The molecule has 1 aromatic carbocycles. The van der Waals surface area contributed by atoms with Gasteiger partial charge in [-0.1, -0.05) is 29.3 Å². The van der Waals surface area contributed by atoms with Crippen LogP contribution in [0, 0.1) is 0 Å². The van der Waals surface area contributed by atoms with Crippen molar-refractivity contribution in [3.8, 4) is 11.4 Å². The van der Waals surface area contributed by atoms with Crippen LogP contribution in [0.15, 0.2) is 28.7 Å². The second-order valence-corrected chi connectivity index (χ2v) is 5.14. The summed E-state index contributed by atoms with van der Waals surface area (Å²) in [6.07, 6.45) is 1.85. The van der Waals surface area contributed by atoms with Crippen molar-refractivity contribution in [1.29, 1.82) is 0 Å².